The molecule has 8 rings (SSSR count). The summed E-state index contributed by atoms with van der Waals surface area (Å²) >= 11 is 0. The van der Waals surface area contributed by atoms with Crippen molar-refractivity contribution in [3.8, 4) is 0 Å². The maximum Gasteiger partial charge on any atom is 0.309 e. The fraction of sp³-hybridized carbons (Fsp3) is 0.800. The largest absolute Gasteiger partial charge is 0.463 e. The summed E-state index contributed by atoms with van der Waals surface area (Å²) in [7, 11) is 0. The van der Waals surface area contributed by atoms with Crippen LogP contribution >= 0.6 is 0 Å². The molecule has 0 amide bonds. The predicted octanol–water partition coefficient (Wildman–Crippen LogP) is 3.50. The van der Waals surface area contributed by atoms with Crippen LogP contribution in [0.25, 0.3) is 0 Å². The Morgan fingerprint density at radius 2 is 1.45 bits per heavy atom. The number of hydrogen-bond acceptors (Lipinski definition) is 8. The van der Waals surface area contributed by atoms with E-state index in [-0.39, 0.29) is 30.1 Å². The van der Waals surface area contributed by atoms with E-state index in [2.05, 4.69) is 24.3 Å². The molecule has 6 fully saturated rings. The van der Waals surface area contributed by atoms with Crippen molar-refractivity contribution >= 4 is 11.9 Å². The van der Waals surface area contributed by atoms with Crippen molar-refractivity contribution in [2.75, 3.05) is 40.0 Å². The quantitative estimate of drug-likeness (QED) is 0.282. The van der Waals surface area contributed by atoms with Crippen molar-refractivity contribution in [3.63, 3.8) is 0 Å². The Labute approximate surface area is 224 Å². The molecular weight excluding hydrogens is 488 g/mol. The van der Waals surface area contributed by atoms with Crippen LogP contribution < -0.4 is 0 Å². The maximum atomic E-state index is 12.2. The molecule has 8 aliphatic rings. The minimum Gasteiger partial charge on any atom is -0.463 e. The Morgan fingerprint density at radius 1 is 0.737 bits per heavy atom. The number of allylic oxidation sites excluding steroid dienone is 4. The van der Waals surface area contributed by atoms with Crippen LogP contribution in [0.4, 0.5) is 0 Å². The van der Waals surface area contributed by atoms with Gasteiger partial charge in [-0.05, 0) is 85.4 Å². The van der Waals surface area contributed by atoms with Gasteiger partial charge in [0.05, 0.1) is 19.1 Å². The van der Waals surface area contributed by atoms with Gasteiger partial charge in [0.25, 0.3) is 0 Å². The second-order valence-corrected chi connectivity index (χ2v) is 12.7. The lowest BCUT2D eigenvalue weighted by molar-refractivity contribution is -0.152. The van der Waals surface area contributed by atoms with E-state index >= 15 is 0 Å². The van der Waals surface area contributed by atoms with Crippen LogP contribution in [0, 0.1) is 59.2 Å². The molecule has 0 radical (unpaired) electrons. The molecule has 2 saturated heterocycles. The monoisotopic (exact) mass is 528 g/mol. The van der Waals surface area contributed by atoms with Gasteiger partial charge < -0.3 is 28.4 Å². The highest BCUT2D eigenvalue weighted by Gasteiger charge is 2.61. The molecule has 4 saturated carbocycles. The Kier molecular flexibility index (Phi) is 7.09. The lowest BCUT2D eigenvalue weighted by Gasteiger charge is -2.36. The van der Waals surface area contributed by atoms with Gasteiger partial charge in [0.15, 0.2) is 0 Å². The molecule has 6 aliphatic carbocycles. The number of esters is 2. The van der Waals surface area contributed by atoms with Gasteiger partial charge in [-0.3, -0.25) is 9.59 Å². The Hall–Kier alpha value is -1.74. The van der Waals surface area contributed by atoms with E-state index in [1.807, 2.05) is 0 Å². The van der Waals surface area contributed by atoms with Gasteiger partial charge in [0.2, 0.25) is 0 Å². The van der Waals surface area contributed by atoms with Gasteiger partial charge in [0, 0.05) is 6.42 Å². The first-order valence-corrected chi connectivity index (χ1v) is 14.7. The standard InChI is InChI=1S/C18H24O4.C12H16O4/c19-16(21-8-14-7-20-9-22-14)6-12-4-13-5-15(12)18-11-2-1-10(3-11)17(13)18;13-12(15-6-10-5-14-7-16-10)11-4-8-1-2-9(11)3-8/h1-2,10-15,17-18H,3-9H2;1-2,8-11H,3-7H2. The van der Waals surface area contributed by atoms with Crippen LogP contribution in [0.5, 0.6) is 0 Å². The first-order chi connectivity index (χ1) is 18.6. The zero-order valence-electron chi connectivity index (χ0n) is 22.0. The number of carbonyl (C=O) groups excluding carboxylic acids is 2. The van der Waals surface area contributed by atoms with Crippen LogP contribution in [-0.2, 0) is 38.0 Å². The van der Waals surface area contributed by atoms with Crippen molar-refractivity contribution in [3.05, 3.63) is 24.3 Å². The van der Waals surface area contributed by atoms with Crippen molar-refractivity contribution in [1.82, 2.24) is 0 Å². The van der Waals surface area contributed by atoms with E-state index in [0.29, 0.717) is 64.2 Å². The van der Waals surface area contributed by atoms with Crippen molar-refractivity contribution in [2.24, 2.45) is 59.2 Å². The summed E-state index contributed by atoms with van der Waals surface area (Å²) in [6.07, 6.45) is 15.9. The number of carbonyl (C=O) groups is 2. The van der Waals surface area contributed by atoms with Crippen molar-refractivity contribution in [1.29, 1.82) is 0 Å². The second kappa shape index (κ2) is 10.7. The van der Waals surface area contributed by atoms with Gasteiger partial charge >= 0.3 is 11.9 Å². The number of hydrogen-bond donors (Lipinski definition) is 0. The van der Waals surface area contributed by atoms with E-state index in [9.17, 15) is 9.59 Å². The number of rotatable bonds is 7. The first-order valence-electron chi connectivity index (χ1n) is 14.7. The third-order valence-corrected chi connectivity index (χ3v) is 10.6. The van der Waals surface area contributed by atoms with E-state index in [0.717, 1.165) is 48.3 Å². The summed E-state index contributed by atoms with van der Waals surface area (Å²) < 4.78 is 31.4. The lowest BCUT2D eigenvalue weighted by Crippen LogP contribution is -2.32. The van der Waals surface area contributed by atoms with E-state index in [4.69, 9.17) is 28.4 Å². The molecule has 2 heterocycles. The summed E-state index contributed by atoms with van der Waals surface area (Å²) in [5.41, 5.74) is 0. The SMILES string of the molecule is O=C(CC1CC2CC1C1C3C=CC(C3)C21)OCC1COCO1.O=C(OCC1COCO1)C1CC2C=CC1C2. The molecular formula is C30H40O8. The van der Waals surface area contributed by atoms with E-state index < -0.39 is 0 Å². The average Bonchev–Trinajstić information content (AvgIpc) is 3.78. The molecule has 8 heteroatoms. The van der Waals surface area contributed by atoms with Crippen LogP contribution in [-0.4, -0.2) is 64.2 Å². The smallest absolute Gasteiger partial charge is 0.309 e. The van der Waals surface area contributed by atoms with Crippen LogP contribution in [0.15, 0.2) is 24.3 Å². The molecule has 2 aliphatic heterocycles. The molecule has 0 N–H and O–H groups in total. The number of fused-ring (bicyclic) bond motifs is 11. The third kappa shape index (κ3) is 4.87. The summed E-state index contributed by atoms with van der Waals surface area (Å²) in [5.74, 6) is 6.69. The lowest BCUT2D eigenvalue weighted by atomic mass is 9.69. The van der Waals surface area contributed by atoms with Crippen LogP contribution in [0.1, 0.15) is 38.5 Å². The zero-order chi connectivity index (χ0) is 25.6. The summed E-state index contributed by atoms with van der Waals surface area (Å²) in [4.78, 5) is 24.0. The molecule has 38 heavy (non-hydrogen) atoms. The molecule has 0 aromatic rings. The molecule has 6 bridgehead atoms. The topological polar surface area (TPSA) is 89.5 Å². The minimum atomic E-state index is -0.0712. The molecule has 12 atom stereocenters. The highest BCUT2D eigenvalue weighted by molar-refractivity contribution is 5.74. The van der Waals surface area contributed by atoms with Crippen LogP contribution in [0.2, 0.25) is 0 Å². The first kappa shape index (κ1) is 25.2. The third-order valence-electron chi connectivity index (χ3n) is 10.6. The summed E-state index contributed by atoms with van der Waals surface area (Å²) in [5, 5.41) is 0. The van der Waals surface area contributed by atoms with Gasteiger partial charge in [-0.1, -0.05) is 24.3 Å². The van der Waals surface area contributed by atoms with Crippen LogP contribution in [0.3, 0.4) is 0 Å². The molecule has 8 nitrogen and oxygen atoms in total. The Balaban J connectivity index is 0.000000134. The molecule has 0 aromatic heterocycles. The highest BCUT2D eigenvalue weighted by atomic mass is 16.7. The normalized spacial score (nSPS) is 46.4. The fourth-order valence-electron chi connectivity index (χ4n) is 9.12. The predicted molar refractivity (Wildman–Crippen MR) is 134 cm³/mol. The van der Waals surface area contributed by atoms with Crippen molar-refractivity contribution in [2.45, 2.75) is 50.7 Å². The summed E-state index contributed by atoms with van der Waals surface area (Å²) in [6.45, 7) is 2.40. The van der Waals surface area contributed by atoms with Gasteiger partial charge in [-0.2, -0.15) is 0 Å². The van der Waals surface area contributed by atoms with E-state index in [1.165, 1.54) is 19.3 Å². The van der Waals surface area contributed by atoms with Gasteiger partial charge in [-0.25, -0.2) is 0 Å². The van der Waals surface area contributed by atoms with Gasteiger partial charge in [0.1, 0.15) is 39.0 Å². The second-order valence-electron chi connectivity index (χ2n) is 12.7. The van der Waals surface area contributed by atoms with Crippen molar-refractivity contribution < 1.29 is 38.0 Å². The fourth-order valence-corrected chi connectivity index (χ4v) is 9.12. The maximum absolute atomic E-state index is 12.2. The van der Waals surface area contributed by atoms with E-state index in [1.54, 1.807) is 0 Å². The highest BCUT2D eigenvalue weighted by Crippen LogP contribution is 2.67. The Morgan fingerprint density at radius 3 is 2.11 bits per heavy atom. The molecule has 208 valence electrons. The average molecular weight is 529 g/mol. The molecule has 0 spiro atoms. The molecule has 12 unspecified atom stereocenters. The Bertz CT molecular complexity index is 950. The number of ether oxygens (including phenoxy) is 6. The minimum absolute atomic E-state index is 0.0386. The molecule has 0 aromatic carbocycles. The zero-order valence-corrected chi connectivity index (χ0v) is 22.0. The summed E-state index contributed by atoms with van der Waals surface area (Å²) in [6, 6.07) is 0. The van der Waals surface area contributed by atoms with Gasteiger partial charge in [-0.15, -0.1) is 0 Å².